The minimum atomic E-state index is -0.983. The molecule has 0 radical (unpaired) electrons. The Hall–Kier alpha value is -2.43. The van der Waals surface area contributed by atoms with Gasteiger partial charge in [0.25, 0.3) is 0 Å². The maximum Gasteiger partial charge on any atom is 0.404 e. The molecule has 10 nitrogen and oxygen atoms in total. The SMILES string of the molecule is CO[C@]12C3NC3CN1C1=C(C(=O)C(NCCO)=C(C)C1=O)[C@H]2COC(N)=O. The molecule has 1 aliphatic carbocycles. The lowest BCUT2D eigenvalue weighted by atomic mass is 9.82. The van der Waals surface area contributed by atoms with Gasteiger partial charge in [0.05, 0.1) is 30.0 Å². The summed E-state index contributed by atoms with van der Waals surface area (Å²) in [5.41, 5.74) is 5.17. The number of carbonyl (C=O) groups is 3. The third kappa shape index (κ3) is 2.27. The van der Waals surface area contributed by atoms with Crippen LogP contribution < -0.4 is 16.4 Å². The number of Topliss-reactive ketones (excluding diaryl/α,β-unsaturated/α-hetero) is 2. The summed E-state index contributed by atoms with van der Waals surface area (Å²) < 4.78 is 10.9. The van der Waals surface area contributed by atoms with Crippen LogP contribution >= 0.6 is 0 Å². The van der Waals surface area contributed by atoms with E-state index in [2.05, 4.69) is 10.6 Å². The molecule has 4 rings (SSSR count). The first-order valence-corrected chi connectivity index (χ1v) is 8.78. The van der Waals surface area contributed by atoms with Crippen LogP contribution in [0.15, 0.2) is 22.5 Å². The predicted molar refractivity (Wildman–Crippen MR) is 91.0 cm³/mol. The Bertz CT molecular complexity index is 805. The van der Waals surface area contributed by atoms with E-state index < -0.39 is 17.7 Å². The number of primary amides is 1. The molecule has 0 bridgehead atoms. The number of aliphatic hydroxyl groups is 1. The third-order valence-electron chi connectivity index (χ3n) is 5.84. The fraction of sp³-hybridized carbons (Fsp3) is 0.588. The Morgan fingerprint density at radius 3 is 2.81 bits per heavy atom. The molecular formula is C17H22N4O6. The number of ketones is 2. The number of methoxy groups -OCH3 is 1. The van der Waals surface area contributed by atoms with Crippen LogP contribution in [0.2, 0.25) is 0 Å². The highest BCUT2D eigenvalue weighted by molar-refractivity contribution is 6.25. The van der Waals surface area contributed by atoms with Crippen molar-refractivity contribution in [3.8, 4) is 0 Å². The highest BCUT2D eigenvalue weighted by atomic mass is 16.6. The van der Waals surface area contributed by atoms with Crippen LogP contribution in [0.25, 0.3) is 0 Å². The zero-order valence-electron chi connectivity index (χ0n) is 15.1. The molecule has 10 heteroatoms. The Morgan fingerprint density at radius 1 is 1.44 bits per heavy atom. The van der Waals surface area contributed by atoms with Gasteiger partial charge in [0.15, 0.2) is 5.72 Å². The summed E-state index contributed by atoms with van der Waals surface area (Å²) >= 11 is 0. The number of piperazine rings is 1. The first-order chi connectivity index (χ1) is 12.9. The van der Waals surface area contributed by atoms with Crippen molar-refractivity contribution >= 4 is 17.7 Å². The van der Waals surface area contributed by atoms with E-state index in [1.165, 1.54) is 7.11 Å². The van der Waals surface area contributed by atoms with E-state index in [9.17, 15) is 14.4 Å². The molecule has 1 amide bonds. The number of allylic oxidation sites excluding steroid dienone is 2. The molecule has 0 aromatic rings. The van der Waals surface area contributed by atoms with Crippen LogP contribution in [-0.4, -0.2) is 78.9 Å². The fourth-order valence-electron chi connectivity index (χ4n) is 4.68. The van der Waals surface area contributed by atoms with Crippen molar-refractivity contribution in [3.63, 3.8) is 0 Å². The summed E-state index contributed by atoms with van der Waals surface area (Å²) in [6.07, 6.45) is -0.958. The van der Waals surface area contributed by atoms with E-state index in [4.69, 9.17) is 20.3 Å². The molecule has 0 aromatic carbocycles. The number of nitrogens with zero attached hydrogens (tertiary/aromatic N) is 1. The Labute approximate surface area is 155 Å². The van der Waals surface area contributed by atoms with Crippen LogP contribution in [0.5, 0.6) is 0 Å². The number of hydrogen-bond acceptors (Lipinski definition) is 9. The molecule has 2 saturated heterocycles. The lowest BCUT2D eigenvalue weighted by Gasteiger charge is -2.39. The van der Waals surface area contributed by atoms with Crippen molar-refractivity contribution in [3.05, 3.63) is 22.5 Å². The van der Waals surface area contributed by atoms with Crippen molar-refractivity contribution in [2.24, 2.45) is 11.7 Å². The molecule has 0 spiro atoms. The summed E-state index contributed by atoms with van der Waals surface area (Å²) in [6, 6.07) is 0.0699. The molecule has 4 aliphatic rings. The number of ether oxygens (including phenoxy) is 2. The second kappa shape index (κ2) is 6.04. The minimum absolute atomic E-state index is 0.0793. The second-order valence-corrected chi connectivity index (χ2v) is 7.07. The number of rotatable bonds is 6. The Balaban J connectivity index is 1.79. The first kappa shape index (κ1) is 18.0. The lowest BCUT2D eigenvalue weighted by molar-refractivity contribution is -0.137. The van der Waals surface area contributed by atoms with Crippen LogP contribution in [0, 0.1) is 5.92 Å². The Morgan fingerprint density at radius 2 is 2.19 bits per heavy atom. The van der Waals surface area contributed by atoms with E-state index in [0.717, 1.165) is 0 Å². The molecule has 4 atom stereocenters. The van der Waals surface area contributed by atoms with Gasteiger partial charge in [-0.25, -0.2) is 4.79 Å². The maximum atomic E-state index is 13.2. The van der Waals surface area contributed by atoms with Crippen LogP contribution in [-0.2, 0) is 19.1 Å². The molecule has 27 heavy (non-hydrogen) atoms. The fourth-order valence-corrected chi connectivity index (χ4v) is 4.68. The van der Waals surface area contributed by atoms with Gasteiger partial charge in [0.1, 0.15) is 6.61 Å². The molecule has 3 aliphatic heterocycles. The molecule has 0 aromatic heterocycles. The van der Waals surface area contributed by atoms with Crippen molar-refractivity contribution in [1.82, 2.24) is 15.5 Å². The lowest BCUT2D eigenvalue weighted by Crippen LogP contribution is -2.55. The quantitative estimate of drug-likeness (QED) is 0.303. The highest BCUT2D eigenvalue weighted by Crippen LogP contribution is 2.55. The summed E-state index contributed by atoms with van der Waals surface area (Å²) in [4.78, 5) is 39.4. The number of nitrogens with two attached hydrogens (primary N) is 1. The molecule has 2 fully saturated rings. The standard InChI is InChI=1S/C17H22N4O6/c1-7-11(19-3-4-22)14(24)10-8(6-27-16(18)25)17(26-2)15-9(20-15)5-21(17)12(10)13(7)23/h8-9,15,19-20,22H,3-6H2,1-2H3,(H2,18,25)/t8-,9?,15?,17-/m1/s1. The first-order valence-electron chi connectivity index (χ1n) is 8.78. The van der Waals surface area contributed by atoms with E-state index in [1.54, 1.807) is 6.92 Å². The van der Waals surface area contributed by atoms with Gasteiger partial charge < -0.3 is 35.8 Å². The van der Waals surface area contributed by atoms with Gasteiger partial charge in [-0.15, -0.1) is 0 Å². The van der Waals surface area contributed by atoms with E-state index in [1.807, 2.05) is 4.90 Å². The largest absolute Gasteiger partial charge is 0.449 e. The molecule has 0 saturated carbocycles. The summed E-state index contributed by atoms with van der Waals surface area (Å²) in [5, 5.41) is 15.2. The van der Waals surface area contributed by atoms with E-state index in [0.29, 0.717) is 17.8 Å². The molecule has 2 unspecified atom stereocenters. The van der Waals surface area contributed by atoms with Crippen LogP contribution in [0.1, 0.15) is 6.92 Å². The summed E-state index contributed by atoms with van der Waals surface area (Å²) in [7, 11) is 1.52. The summed E-state index contributed by atoms with van der Waals surface area (Å²) in [5.74, 6) is -1.28. The van der Waals surface area contributed by atoms with Gasteiger partial charge >= 0.3 is 6.09 Å². The van der Waals surface area contributed by atoms with Gasteiger partial charge in [-0.1, -0.05) is 0 Å². The van der Waals surface area contributed by atoms with Gasteiger partial charge in [-0.2, -0.15) is 0 Å². The minimum Gasteiger partial charge on any atom is -0.449 e. The van der Waals surface area contributed by atoms with Gasteiger partial charge in [0.2, 0.25) is 11.6 Å². The number of carbonyl (C=O) groups excluding carboxylic acids is 3. The molecule has 146 valence electrons. The Kier molecular flexibility index (Phi) is 4.02. The zero-order chi connectivity index (χ0) is 19.5. The smallest absolute Gasteiger partial charge is 0.404 e. The van der Waals surface area contributed by atoms with Crippen molar-refractivity contribution < 1.29 is 29.0 Å². The molecular weight excluding hydrogens is 356 g/mol. The van der Waals surface area contributed by atoms with Crippen LogP contribution in [0.4, 0.5) is 4.79 Å². The number of aliphatic hydroxyl groups excluding tert-OH is 1. The van der Waals surface area contributed by atoms with Gasteiger partial charge in [-0.3, -0.25) is 9.59 Å². The van der Waals surface area contributed by atoms with Gasteiger partial charge in [0, 0.05) is 37.4 Å². The normalized spacial score (nSPS) is 33.9. The topological polar surface area (TPSA) is 153 Å². The average Bonchev–Trinajstić information content (AvgIpc) is 3.24. The van der Waals surface area contributed by atoms with Crippen molar-refractivity contribution in [2.45, 2.75) is 24.7 Å². The van der Waals surface area contributed by atoms with Gasteiger partial charge in [-0.05, 0) is 6.92 Å². The number of nitrogens with one attached hydrogen (secondary N) is 2. The number of amides is 1. The van der Waals surface area contributed by atoms with Crippen molar-refractivity contribution in [2.75, 3.05) is 33.4 Å². The predicted octanol–water partition coefficient (Wildman–Crippen LogP) is -2.03. The van der Waals surface area contributed by atoms with E-state index in [-0.39, 0.29) is 54.7 Å². The average molecular weight is 378 g/mol. The summed E-state index contributed by atoms with van der Waals surface area (Å²) in [6.45, 7) is 1.90. The number of fused-ring (bicyclic) bond motifs is 4. The maximum absolute atomic E-state index is 13.2. The number of hydrogen-bond donors (Lipinski definition) is 4. The highest BCUT2D eigenvalue weighted by Gasteiger charge is 2.72. The monoisotopic (exact) mass is 378 g/mol. The zero-order valence-corrected chi connectivity index (χ0v) is 15.1. The second-order valence-electron chi connectivity index (χ2n) is 7.07. The molecule has 3 heterocycles. The third-order valence-corrected chi connectivity index (χ3v) is 5.84. The molecule has 5 N–H and O–H groups in total. The van der Waals surface area contributed by atoms with Crippen molar-refractivity contribution in [1.29, 1.82) is 0 Å². The van der Waals surface area contributed by atoms with Crippen LogP contribution in [0.3, 0.4) is 0 Å². The van der Waals surface area contributed by atoms with E-state index >= 15 is 0 Å².